The molecule has 2 heterocycles. The van der Waals surface area contributed by atoms with Crippen molar-refractivity contribution in [1.29, 1.82) is 0 Å². The Morgan fingerprint density at radius 1 is 1.22 bits per heavy atom. The highest BCUT2D eigenvalue weighted by molar-refractivity contribution is 5.76. The first kappa shape index (κ1) is 13.8. The molecule has 0 saturated heterocycles. The Morgan fingerprint density at radius 2 is 2.09 bits per heavy atom. The second kappa shape index (κ2) is 5.72. The Morgan fingerprint density at radius 3 is 2.87 bits per heavy atom. The smallest absolute Gasteiger partial charge is 0.263 e. The number of nitrogens with one attached hydrogen (secondary N) is 2. The van der Waals surface area contributed by atoms with Crippen molar-refractivity contribution in [2.24, 2.45) is 0 Å². The zero-order valence-corrected chi connectivity index (χ0v) is 12.6. The number of rotatable bonds is 3. The lowest BCUT2D eigenvalue weighted by Gasteiger charge is -2.19. The number of aromatic amines is 1. The van der Waals surface area contributed by atoms with E-state index in [2.05, 4.69) is 32.5 Å². The van der Waals surface area contributed by atoms with Gasteiger partial charge in [0, 0.05) is 6.04 Å². The number of H-pyrrole nitrogens is 1. The first-order valence-corrected chi connectivity index (χ1v) is 7.76. The summed E-state index contributed by atoms with van der Waals surface area (Å²) in [5, 5.41) is 8.12. The van der Waals surface area contributed by atoms with Gasteiger partial charge < -0.3 is 5.32 Å². The molecule has 6 heteroatoms. The highest BCUT2D eigenvalue weighted by atomic mass is 16.1. The minimum absolute atomic E-state index is 0.175. The van der Waals surface area contributed by atoms with Crippen molar-refractivity contribution in [1.82, 2.24) is 19.7 Å². The zero-order chi connectivity index (χ0) is 15.6. The third-order valence-electron chi connectivity index (χ3n) is 4.05. The molecule has 0 fully saturated rings. The van der Waals surface area contributed by atoms with E-state index in [0.717, 1.165) is 24.9 Å². The lowest BCUT2D eigenvalue weighted by Crippen LogP contribution is -2.24. The van der Waals surface area contributed by atoms with Crippen molar-refractivity contribution in [2.75, 3.05) is 5.32 Å². The van der Waals surface area contributed by atoms with Crippen LogP contribution in [-0.2, 0) is 0 Å². The maximum Gasteiger partial charge on any atom is 0.263 e. The lowest BCUT2D eigenvalue weighted by atomic mass is 10.0. The molecule has 4 rings (SSSR count). The summed E-state index contributed by atoms with van der Waals surface area (Å²) in [6.07, 6.45) is 8.93. The number of aromatic nitrogens is 4. The zero-order valence-electron chi connectivity index (χ0n) is 12.6. The third kappa shape index (κ3) is 2.63. The van der Waals surface area contributed by atoms with E-state index in [1.165, 1.54) is 0 Å². The van der Waals surface area contributed by atoms with Crippen LogP contribution in [0.2, 0.25) is 0 Å². The van der Waals surface area contributed by atoms with Crippen LogP contribution < -0.4 is 10.9 Å². The van der Waals surface area contributed by atoms with Crippen LogP contribution in [0.15, 0.2) is 53.5 Å². The summed E-state index contributed by atoms with van der Waals surface area (Å²) in [6.45, 7) is 0. The fourth-order valence-electron chi connectivity index (χ4n) is 2.86. The maximum atomic E-state index is 12.3. The summed E-state index contributed by atoms with van der Waals surface area (Å²) in [4.78, 5) is 19.7. The summed E-state index contributed by atoms with van der Waals surface area (Å²) >= 11 is 0. The number of hydrogen-bond acceptors (Lipinski definition) is 4. The first-order chi connectivity index (χ1) is 11.3. The predicted octanol–water partition coefficient (Wildman–Crippen LogP) is 2.63. The van der Waals surface area contributed by atoms with Crippen molar-refractivity contribution >= 4 is 17.0 Å². The van der Waals surface area contributed by atoms with Gasteiger partial charge in [0.25, 0.3) is 5.56 Å². The number of fused-ring (bicyclic) bond motifs is 1. The molecule has 1 aliphatic carbocycles. The Hall–Kier alpha value is -2.89. The minimum Gasteiger partial charge on any atom is -0.353 e. The minimum atomic E-state index is -0.175. The highest BCUT2D eigenvalue weighted by Gasteiger charge is 2.14. The van der Waals surface area contributed by atoms with E-state index in [1.807, 2.05) is 30.3 Å². The van der Waals surface area contributed by atoms with Gasteiger partial charge in [0.2, 0.25) is 5.95 Å². The van der Waals surface area contributed by atoms with E-state index >= 15 is 0 Å². The van der Waals surface area contributed by atoms with E-state index in [1.54, 1.807) is 10.9 Å². The number of para-hydroxylation sites is 1. The first-order valence-electron chi connectivity index (χ1n) is 7.76. The normalized spacial score (nSPS) is 17.5. The largest absolute Gasteiger partial charge is 0.353 e. The number of hydrogen-bond donors (Lipinski definition) is 2. The molecule has 2 N–H and O–H groups in total. The lowest BCUT2D eigenvalue weighted by molar-refractivity contribution is 0.639. The Kier molecular flexibility index (Phi) is 3.42. The van der Waals surface area contributed by atoms with Gasteiger partial charge in [0.15, 0.2) is 5.65 Å². The Balaban J connectivity index is 1.76. The van der Waals surface area contributed by atoms with Crippen LogP contribution >= 0.6 is 0 Å². The molecular formula is C17H17N5O. The van der Waals surface area contributed by atoms with E-state index < -0.39 is 0 Å². The van der Waals surface area contributed by atoms with Gasteiger partial charge in [0.1, 0.15) is 5.39 Å². The SMILES string of the molecule is O=c1[nH]c(NC2CC=CCC2)nc2c1cnn2-c1ccccc1. The average Bonchev–Trinajstić information content (AvgIpc) is 3.01. The molecule has 0 aliphatic heterocycles. The Labute approximate surface area is 132 Å². The summed E-state index contributed by atoms with van der Waals surface area (Å²) < 4.78 is 1.69. The molecule has 1 unspecified atom stereocenters. The number of nitrogens with zero attached hydrogens (tertiary/aromatic N) is 3. The quantitative estimate of drug-likeness (QED) is 0.729. The van der Waals surface area contributed by atoms with Crippen LogP contribution in [0, 0.1) is 0 Å². The van der Waals surface area contributed by atoms with Crippen molar-refractivity contribution in [3.8, 4) is 5.69 Å². The van der Waals surface area contributed by atoms with Gasteiger partial charge in [0.05, 0.1) is 11.9 Å². The third-order valence-corrected chi connectivity index (χ3v) is 4.05. The maximum absolute atomic E-state index is 12.3. The molecule has 23 heavy (non-hydrogen) atoms. The van der Waals surface area contributed by atoms with Crippen molar-refractivity contribution < 1.29 is 0 Å². The molecule has 1 aliphatic rings. The predicted molar refractivity (Wildman–Crippen MR) is 89.9 cm³/mol. The molecule has 0 spiro atoms. The van der Waals surface area contributed by atoms with Gasteiger partial charge in [-0.05, 0) is 31.4 Å². The topological polar surface area (TPSA) is 75.6 Å². The van der Waals surface area contributed by atoms with Gasteiger partial charge in [-0.3, -0.25) is 9.78 Å². The van der Waals surface area contributed by atoms with Crippen LogP contribution in [0.3, 0.4) is 0 Å². The van der Waals surface area contributed by atoms with Crippen LogP contribution in [0.1, 0.15) is 19.3 Å². The van der Waals surface area contributed by atoms with Gasteiger partial charge in [-0.15, -0.1) is 0 Å². The summed E-state index contributed by atoms with van der Waals surface area (Å²) in [5.74, 6) is 0.500. The van der Waals surface area contributed by atoms with Gasteiger partial charge in [-0.2, -0.15) is 10.1 Å². The number of benzene rings is 1. The second-order valence-electron chi connectivity index (χ2n) is 5.67. The van der Waals surface area contributed by atoms with Gasteiger partial charge in [-0.1, -0.05) is 30.4 Å². The van der Waals surface area contributed by atoms with Crippen LogP contribution in [0.5, 0.6) is 0 Å². The van der Waals surface area contributed by atoms with Crippen LogP contribution in [0.4, 0.5) is 5.95 Å². The van der Waals surface area contributed by atoms with E-state index in [0.29, 0.717) is 23.0 Å². The monoisotopic (exact) mass is 307 g/mol. The molecule has 0 bridgehead atoms. The Bertz CT molecular complexity index is 910. The standard InChI is InChI=1S/C17H17N5O/c23-16-14-11-18-22(13-9-5-2-6-10-13)15(14)20-17(21-16)19-12-7-3-1-4-8-12/h1-3,5-6,9-12H,4,7-8H2,(H2,19,20,21,23). The molecule has 0 saturated carbocycles. The molecule has 6 nitrogen and oxygen atoms in total. The van der Waals surface area contributed by atoms with Crippen molar-refractivity contribution in [2.45, 2.75) is 25.3 Å². The molecule has 1 aromatic carbocycles. The van der Waals surface area contributed by atoms with E-state index in [9.17, 15) is 4.79 Å². The van der Waals surface area contributed by atoms with E-state index in [-0.39, 0.29) is 5.56 Å². The molecular weight excluding hydrogens is 290 g/mol. The van der Waals surface area contributed by atoms with Crippen LogP contribution in [-0.4, -0.2) is 25.8 Å². The fraction of sp³-hybridized carbons (Fsp3) is 0.235. The second-order valence-corrected chi connectivity index (χ2v) is 5.67. The van der Waals surface area contributed by atoms with Crippen molar-refractivity contribution in [3.05, 3.63) is 59.0 Å². The average molecular weight is 307 g/mol. The molecule has 0 radical (unpaired) electrons. The number of anilines is 1. The van der Waals surface area contributed by atoms with E-state index in [4.69, 9.17) is 0 Å². The molecule has 0 amide bonds. The summed E-state index contributed by atoms with van der Waals surface area (Å²) in [7, 11) is 0. The van der Waals surface area contributed by atoms with Crippen molar-refractivity contribution in [3.63, 3.8) is 0 Å². The van der Waals surface area contributed by atoms with Crippen LogP contribution in [0.25, 0.3) is 16.7 Å². The summed E-state index contributed by atoms with van der Waals surface area (Å²) in [5.41, 5.74) is 1.27. The number of allylic oxidation sites excluding steroid dienone is 1. The molecule has 3 aromatic rings. The highest BCUT2D eigenvalue weighted by Crippen LogP contribution is 2.17. The molecule has 116 valence electrons. The molecule has 1 atom stereocenters. The summed E-state index contributed by atoms with van der Waals surface area (Å²) in [6, 6.07) is 9.99. The van der Waals surface area contributed by atoms with Gasteiger partial charge >= 0.3 is 0 Å². The van der Waals surface area contributed by atoms with Gasteiger partial charge in [-0.25, -0.2) is 4.68 Å². The fourth-order valence-corrected chi connectivity index (χ4v) is 2.86. The molecule has 2 aromatic heterocycles.